The summed E-state index contributed by atoms with van der Waals surface area (Å²) in [5.74, 6) is 0. The number of nitrogens with one attached hydrogen (secondary N) is 1. The van der Waals surface area contributed by atoms with Crippen molar-refractivity contribution < 1.29 is 8.42 Å². The molecule has 2 aromatic rings. The van der Waals surface area contributed by atoms with Crippen LogP contribution < -0.4 is 5.56 Å². The Morgan fingerprint density at radius 2 is 2.00 bits per heavy atom. The quantitative estimate of drug-likeness (QED) is 0.786. The van der Waals surface area contributed by atoms with E-state index in [4.69, 9.17) is 0 Å². The molecule has 2 aromatic heterocycles. The Bertz CT molecular complexity index is 958. The fourth-order valence-corrected chi connectivity index (χ4v) is 3.59. The maximum atomic E-state index is 12.3. The van der Waals surface area contributed by atoms with Crippen LogP contribution in [0.15, 0.2) is 9.95 Å². The van der Waals surface area contributed by atoms with Gasteiger partial charge in [0.25, 0.3) is 5.56 Å². The lowest BCUT2D eigenvalue weighted by Crippen LogP contribution is -2.36. The molecular weight excluding hydrogens is 330 g/mol. The number of hydrogen-bond acceptors (Lipinski definition) is 6. The van der Waals surface area contributed by atoms with E-state index in [1.807, 2.05) is 25.6 Å². The molecule has 3 rings (SSSR count). The monoisotopic (exact) mass is 351 g/mol. The largest absolute Gasteiger partial charge is 0.297 e. The minimum atomic E-state index is -3.52. The van der Waals surface area contributed by atoms with E-state index in [1.165, 1.54) is 0 Å². The molecule has 0 unspecified atom stereocenters. The Morgan fingerprint density at radius 1 is 1.29 bits per heavy atom. The summed E-state index contributed by atoms with van der Waals surface area (Å²) in [6, 6.07) is 0. The van der Waals surface area contributed by atoms with Crippen molar-refractivity contribution in [3.8, 4) is 0 Å². The second-order valence-electron chi connectivity index (χ2n) is 6.30. The van der Waals surface area contributed by atoms with Crippen LogP contribution in [0.5, 0.6) is 0 Å². The summed E-state index contributed by atoms with van der Waals surface area (Å²) in [6.45, 7) is 5.89. The van der Waals surface area contributed by atoms with Crippen molar-refractivity contribution >= 4 is 9.84 Å². The van der Waals surface area contributed by atoms with Crippen LogP contribution in [0.2, 0.25) is 0 Å². The number of aromatic nitrogens is 4. The number of H-pyrrole nitrogens is 1. The maximum absolute atomic E-state index is 12.3. The molecule has 9 heteroatoms. The molecule has 3 heterocycles. The third kappa shape index (κ3) is 3.01. The lowest BCUT2D eigenvalue weighted by atomic mass is 10.1. The zero-order valence-corrected chi connectivity index (χ0v) is 15.1. The molecule has 24 heavy (non-hydrogen) atoms. The van der Waals surface area contributed by atoms with Gasteiger partial charge in [-0.2, -0.15) is 5.10 Å². The summed E-state index contributed by atoms with van der Waals surface area (Å²) in [6.07, 6.45) is 1.60. The van der Waals surface area contributed by atoms with Crippen molar-refractivity contribution in [3.63, 3.8) is 0 Å². The van der Waals surface area contributed by atoms with Crippen molar-refractivity contribution in [1.82, 2.24) is 24.6 Å². The van der Waals surface area contributed by atoms with Gasteiger partial charge in [-0.15, -0.1) is 0 Å². The smallest absolute Gasteiger partial charge is 0.256 e. The Balaban J connectivity index is 1.89. The Kier molecular flexibility index (Phi) is 4.08. The average Bonchev–Trinajstić information content (AvgIpc) is 2.73. The number of rotatable bonds is 3. The zero-order valence-electron chi connectivity index (χ0n) is 14.3. The third-order valence-corrected chi connectivity index (χ3v) is 5.41. The molecule has 0 aliphatic carbocycles. The lowest BCUT2D eigenvalue weighted by molar-refractivity contribution is 0.240. The number of hydrogen-bond donors (Lipinski definition) is 1. The van der Waals surface area contributed by atoms with E-state index >= 15 is 0 Å². The highest BCUT2D eigenvalue weighted by Gasteiger charge is 2.24. The number of sulfone groups is 1. The summed E-state index contributed by atoms with van der Waals surface area (Å²) >= 11 is 0. The van der Waals surface area contributed by atoms with Gasteiger partial charge in [-0.3, -0.25) is 19.4 Å². The van der Waals surface area contributed by atoms with E-state index in [9.17, 15) is 13.2 Å². The van der Waals surface area contributed by atoms with Crippen molar-refractivity contribution in [2.45, 2.75) is 38.5 Å². The van der Waals surface area contributed by atoms with Crippen LogP contribution in [-0.4, -0.2) is 45.9 Å². The summed E-state index contributed by atoms with van der Waals surface area (Å²) in [5.41, 5.74) is 4.02. The first-order chi connectivity index (χ1) is 11.2. The second kappa shape index (κ2) is 5.82. The minimum absolute atomic E-state index is 0.251. The van der Waals surface area contributed by atoms with Crippen LogP contribution in [0.4, 0.5) is 0 Å². The molecule has 130 valence electrons. The van der Waals surface area contributed by atoms with E-state index in [0.717, 1.165) is 29.8 Å². The number of aromatic amines is 1. The van der Waals surface area contributed by atoms with E-state index in [0.29, 0.717) is 30.8 Å². The van der Waals surface area contributed by atoms with E-state index in [1.54, 1.807) is 0 Å². The van der Waals surface area contributed by atoms with Gasteiger partial charge in [-0.1, -0.05) is 0 Å². The van der Waals surface area contributed by atoms with Crippen LogP contribution >= 0.6 is 0 Å². The van der Waals surface area contributed by atoms with Gasteiger partial charge in [0.15, 0.2) is 0 Å². The molecular formula is C15H21N5O3S. The van der Waals surface area contributed by atoms with Crippen LogP contribution in [0.25, 0.3) is 0 Å². The van der Waals surface area contributed by atoms with Gasteiger partial charge in [-0.25, -0.2) is 13.4 Å². The van der Waals surface area contributed by atoms with Gasteiger partial charge in [0.05, 0.1) is 17.0 Å². The van der Waals surface area contributed by atoms with Crippen molar-refractivity contribution in [2.24, 2.45) is 7.05 Å². The van der Waals surface area contributed by atoms with Crippen molar-refractivity contribution in [3.05, 3.63) is 38.6 Å². The molecule has 0 amide bonds. The zero-order chi connectivity index (χ0) is 17.6. The van der Waals surface area contributed by atoms with Crippen LogP contribution in [0, 0.1) is 13.8 Å². The van der Waals surface area contributed by atoms with Gasteiger partial charge in [-0.05, 0) is 13.8 Å². The van der Waals surface area contributed by atoms with Crippen LogP contribution in [0.1, 0.15) is 28.2 Å². The Hall–Kier alpha value is -2.00. The van der Waals surface area contributed by atoms with Gasteiger partial charge in [0.2, 0.25) is 15.0 Å². The van der Waals surface area contributed by atoms with Gasteiger partial charge >= 0.3 is 0 Å². The SMILES string of the molecule is Cc1nn(C)c(C)c1CN1CCc2nc(S(C)(=O)=O)[nH]c(=O)c2C1. The topological polar surface area (TPSA) is 101 Å². The van der Waals surface area contributed by atoms with Gasteiger partial charge in [0, 0.05) is 50.6 Å². The molecule has 0 radical (unpaired) electrons. The molecule has 8 nitrogen and oxygen atoms in total. The first kappa shape index (κ1) is 16.8. The van der Waals surface area contributed by atoms with E-state index < -0.39 is 9.84 Å². The summed E-state index contributed by atoms with van der Waals surface area (Å²) in [4.78, 5) is 21.0. The highest BCUT2D eigenvalue weighted by molar-refractivity contribution is 7.90. The summed E-state index contributed by atoms with van der Waals surface area (Å²) < 4.78 is 25.1. The van der Waals surface area contributed by atoms with Crippen LogP contribution in [-0.2, 0) is 36.4 Å². The fraction of sp³-hybridized carbons (Fsp3) is 0.533. The third-order valence-electron chi connectivity index (χ3n) is 4.52. The summed E-state index contributed by atoms with van der Waals surface area (Å²) in [7, 11) is -1.61. The van der Waals surface area contributed by atoms with E-state index in [2.05, 4.69) is 20.0 Å². The maximum Gasteiger partial charge on any atom is 0.256 e. The Labute approximate surface area is 140 Å². The highest BCUT2D eigenvalue weighted by atomic mass is 32.2. The number of nitrogens with zero attached hydrogens (tertiary/aromatic N) is 4. The lowest BCUT2D eigenvalue weighted by Gasteiger charge is -2.27. The van der Waals surface area contributed by atoms with E-state index in [-0.39, 0.29) is 10.7 Å². The normalized spacial score (nSPS) is 15.5. The molecule has 0 saturated carbocycles. The standard InChI is InChI=1S/C15H21N5O3S/c1-9-11(10(2)19(3)18-9)7-20-6-5-13-12(8-20)14(21)17-15(16-13)24(4,22)23/h5-8H2,1-4H3,(H,16,17,21). The molecule has 0 spiro atoms. The van der Waals surface area contributed by atoms with Crippen LogP contribution in [0.3, 0.4) is 0 Å². The average molecular weight is 351 g/mol. The second-order valence-corrected chi connectivity index (χ2v) is 8.23. The molecule has 1 aliphatic heterocycles. The van der Waals surface area contributed by atoms with Gasteiger partial charge in [0.1, 0.15) is 0 Å². The molecule has 0 saturated heterocycles. The number of fused-ring (bicyclic) bond motifs is 1. The fourth-order valence-electron chi connectivity index (χ4n) is 3.04. The van der Waals surface area contributed by atoms with Crippen molar-refractivity contribution in [2.75, 3.05) is 12.8 Å². The minimum Gasteiger partial charge on any atom is -0.297 e. The first-order valence-corrected chi connectivity index (χ1v) is 9.59. The molecule has 1 N–H and O–H groups in total. The predicted octanol–water partition coefficient (Wildman–Crippen LogP) is 0.0820. The highest BCUT2D eigenvalue weighted by Crippen LogP contribution is 2.20. The predicted molar refractivity (Wildman–Crippen MR) is 88.5 cm³/mol. The molecule has 0 atom stereocenters. The Morgan fingerprint density at radius 3 is 2.58 bits per heavy atom. The molecule has 1 aliphatic rings. The van der Waals surface area contributed by atoms with Crippen molar-refractivity contribution in [1.29, 1.82) is 0 Å². The molecule has 0 bridgehead atoms. The number of aryl methyl sites for hydroxylation is 2. The molecule has 0 aromatic carbocycles. The molecule has 0 fully saturated rings. The first-order valence-electron chi connectivity index (χ1n) is 7.70. The summed E-state index contributed by atoms with van der Waals surface area (Å²) in [5, 5.41) is 4.17. The van der Waals surface area contributed by atoms with Gasteiger partial charge < -0.3 is 0 Å².